The number of benzene rings is 1. The number of aromatic nitrogens is 2. The van der Waals surface area contributed by atoms with Crippen LogP contribution in [-0.2, 0) is 0 Å². The zero-order chi connectivity index (χ0) is 14.9. The molecule has 3 rings (SSSR count). The highest BCUT2D eigenvalue weighted by Crippen LogP contribution is 2.39. The van der Waals surface area contributed by atoms with Crippen molar-refractivity contribution in [2.45, 2.75) is 52.5 Å². The van der Waals surface area contributed by atoms with Crippen molar-refractivity contribution in [3.8, 4) is 0 Å². The van der Waals surface area contributed by atoms with Gasteiger partial charge >= 0.3 is 0 Å². The van der Waals surface area contributed by atoms with Gasteiger partial charge in [-0.3, -0.25) is 9.97 Å². The second-order valence-electron chi connectivity index (χ2n) is 7.27. The molecule has 0 amide bonds. The summed E-state index contributed by atoms with van der Waals surface area (Å²) in [6.07, 6.45) is 8.78. The number of rotatable bonds is 2. The Morgan fingerprint density at radius 2 is 1.71 bits per heavy atom. The van der Waals surface area contributed by atoms with Crippen molar-refractivity contribution in [2.75, 3.05) is 5.32 Å². The van der Waals surface area contributed by atoms with Gasteiger partial charge in [0, 0.05) is 24.1 Å². The fourth-order valence-corrected chi connectivity index (χ4v) is 3.61. The number of fused-ring (bicyclic) bond motifs is 1. The second kappa shape index (κ2) is 5.63. The molecule has 1 heterocycles. The van der Waals surface area contributed by atoms with E-state index in [4.69, 9.17) is 0 Å². The monoisotopic (exact) mass is 283 g/mol. The van der Waals surface area contributed by atoms with Crippen molar-refractivity contribution in [3.05, 3.63) is 30.6 Å². The van der Waals surface area contributed by atoms with Gasteiger partial charge in [-0.05, 0) is 42.4 Å². The summed E-state index contributed by atoms with van der Waals surface area (Å²) in [4.78, 5) is 8.73. The minimum atomic E-state index is 0.356. The fourth-order valence-electron chi connectivity index (χ4n) is 3.61. The summed E-state index contributed by atoms with van der Waals surface area (Å²) < 4.78 is 0. The highest BCUT2D eigenvalue weighted by molar-refractivity contribution is 5.78. The van der Waals surface area contributed by atoms with E-state index in [-0.39, 0.29) is 0 Å². The molecule has 0 bridgehead atoms. The molecule has 1 fully saturated rings. The van der Waals surface area contributed by atoms with Gasteiger partial charge in [0.25, 0.3) is 0 Å². The molecule has 2 unspecified atom stereocenters. The minimum absolute atomic E-state index is 0.356. The van der Waals surface area contributed by atoms with Gasteiger partial charge in [-0.2, -0.15) is 0 Å². The van der Waals surface area contributed by atoms with Gasteiger partial charge in [0.2, 0.25) is 0 Å². The van der Waals surface area contributed by atoms with E-state index in [1.54, 1.807) is 12.4 Å². The maximum atomic E-state index is 4.40. The van der Waals surface area contributed by atoms with E-state index in [9.17, 15) is 0 Å². The molecule has 1 aliphatic carbocycles. The Balaban J connectivity index is 1.82. The molecule has 1 aromatic heterocycles. The molecule has 1 saturated carbocycles. The van der Waals surface area contributed by atoms with Crippen LogP contribution in [0.5, 0.6) is 0 Å². The molecule has 2 aromatic rings. The first-order valence-corrected chi connectivity index (χ1v) is 8.01. The smallest absolute Gasteiger partial charge is 0.0907 e. The van der Waals surface area contributed by atoms with Gasteiger partial charge in [0.1, 0.15) is 0 Å². The van der Waals surface area contributed by atoms with E-state index in [1.807, 2.05) is 0 Å². The van der Waals surface area contributed by atoms with Crippen LogP contribution < -0.4 is 5.32 Å². The lowest BCUT2D eigenvalue weighted by molar-refractivity contribution is 0.163. The Hall–Kier alpha value is -1.64. The van der Waals surface area contributed by atoms with Gasteiger partial charge in [0.05, 0.1) is 11.0 Å². The lowest BCUT2D eigenvalue weighted by Crippen LogP contribution is -2.39. The van der Waals surface area contributed by atoms with E-state index >= 15 is 0 Å². The van der Waals surface area contributed by atoms with Gasteiger partial charge in [-0.25, -0.2) is 0 Å². The van der Waals surface area contributed by atoms with Crippen molar-refractivity contribution in [2.24, 2.45) is 11.3 Å². The lowest BCUT2D eigenvalue weighted by Gasteiger charge is -2.41. The molecule has 2 atom stereocenters. The zero-order valence-electron chi connectivity index (χ0n) is 13.3. The van der Waals surface area contributed by atoms with Crippen molar-refractivity contribution < 1.29 is 0 Å². The van der Waals surface area contributed by atoms with Gasteiger partial charge in [-0.15, -0.1) is 0 Å². The molecular weight excluding hydrogens is 258 g/mol. The van der Waals surface area contributed by atoms with E-state index in [0.717, 1.165) is 17.0 Å². The normalized spacial score (nSPS) is 23.2. The summed E-state index contributed by atoms with van der Waals surface area (Å²) in [5, 5.41) is 3.76. The number of hydrogen-bond donors (Lipinski definition) is 1. The molecule has 21 heavy (non-hydrogen) atoms. The molecule has 0 aliphatic heterocycles. The summed E-state index contributed by atoms with van der Waals surface area (Å²) in [6, 6.07) is 6.87. The van der Waals surface area contributed by atoms with Crippen LogP contribution in [0.15, 0.2) is 30.6 Å². The van der Waals surface area contributed by atoms with Crippen LogP contribution in [0.2, 0.25) is 0 Å². The molecule has 1 aliphatic rings. The summed E-state index contributed by atoms with van der Waals surface area (Å²) >= 11 is 0. The topological polar surface area (TPSA) is 37.8 Å². The molecule has 0 radical (unpaired) electrons. The van der Waals surface area contributed by atoms with Crippen molar-refractivity contribution in [3.63, 3.8) is 0 Å². The Morgan fingerprint density at radius 1 is 1.00 bits per heavy atom. The third-order valence-electron chi connectivity index (χ3n) is 4.70. The van der Waals surface area contributed by atoms with E-state index in [0.29, 0.717) is 11.5 Å². The van der Waals surface area contributed by atoms with E-state index < -0.39 is 0 Å². The quantitative estimate of drug-likeness (QED) is 0.872. The summed E-state index contributed by atoms with van der Waals surface area (Å²) in [5.74, 6) is 0.726. The Labute approximate surface area is 127 Å². The van der Waals surface area contributed by atoms with Crippen molar-refractivity contribution in [1.29, 1.82) is 0 Å². The molecule has 3 nitrogen and oxygen atoms in total. The largest absolute Gasteiger partial charge is 0.382 e. The van der Waals surface area contributed by atoms with Crippen LogP contribution in [0.1, 0.15) is 46.5 Å². The highest BCUT2D eigenvalue weighted by Gasteiger charge is 2.33. The van der Waals surface area contributed by atoms with Crippen LogP contribution in [0.4, 0.5) is 5.69 Å². The lowest BCUT2D eigenvalue weighted by atomic mass is 9.69. The predicted molar refractivity (Wildman–Crippen MR) is 88.4 cm³/mol. The Morgan fingerprint density at radius 3 is 2.48 bits per heavy atom. The molecule has 112 valence electrons. The van der Waals surface area contributed by atoms with Crippen molar-refractivity contribution in [1.82, 2.24) is 9.97 Å². The highest BCUT2D eigenvalue weighted by atomic mass is 14.9. The van der Waals surface area contributed by atoms with Crippen LogP contribution in [-0.4, -0.2) is 16.0 Å². The molecule has 0 spiro atoms. The maximum Gasteiger partial charge on any atom is 0.0907 e. The number of anilines is 1. The molecular formula is C18H25N3. The maximum absolute atomic E-state index is 4.40. The molecule has 1 N–H and O–H groups in total. The fraction of sp³-hybridized carbons (Fsp3) is 0.556. The first-order valence-electron chi connectivity index (χ1n) is 8.01. The van der Waals surface area contributed by atoms with Crippen LogP contribution >= 0.6 is 0 Å². The Bertz CT molecular complexity index is 615. The SMILES string of the molecule is CC(C)(C)C1CCCCC1Nc1ccc2nccnc2c1. The van der Waals surface area contributed by atoms with E-state index in [2.05, 4.69) is 54.3 Å². The van der Waals surface area contributed by atoms with Crippen LogP contribution in [0.25, 0.3) is 11.0 Å². The third kappa shape index (κ3) is 3.17. The summed E-state index contributed by atoms with van der Waals surface area (Å²) in [6.45, 7) is 7.09. The first-order chi connectivity index (χ1) is 10.0. The number of hydrogen-bond acceptors (Lipinski definition) is 3. The zero-order valence-corrected chi connectivity index (χ0v) is 13.3. The molecule has 3 heteroatoms. The van der Waals surface area contributed by atoms with Gasteiger partial charge in [0.15, 0.2) is 0 Å². The predicted octanol–water partition coefficient (Wildman–Crippen LogP) is 4.65. The molecule has 0 saturated heterocycles. The Kier molecular flexibility index (Phi) is 3.83. The number of nitrogens with one attached hydrogen (secondary N) is 1. The number of nitrogens with zero attached hydrogens (tertiary/aromatic N) is 2. The first kappa shape index (κ1) is 14.3. The van der Waals surface area contributed by atoms with E-state index in [1.165, 1.54) is 31.4 Å². The van der Waals surface area contributed by atoms with Gasteiger partial charge in [-0.1, -0.05) is 33.6 Å². The third-order valence-corrected chi connectivity index (χ3v) is 4.70. The summed E-state index contributed by atoms with van der Waals surface area (Å²) in [7, 11) is 0. The van der Waals surface area contributed by atoms with Crippen molar-refractivity contribution >= 4 is 16.7 Å². The standard InChI is InChI=1S/C18H25N3/c1-18(2,3)14-6-4-5-7-15(14)21-13-8-9-16-17(12-13)20-11-10-19-16/h8-12,14-15,21H,4-7H2,1-3H3. The van der Waals surface area contributed by atoms with Gasteiger partial charge < -0.3 is 5.32 Å². The second-order valence-corrected chi connectivity index (χ2v) is 7.27. The van der Waals surface area contributed by atoms with Crippen LogP contribution in [0, 0.1) is 11.3 Å². The average Bonchev–Trinajstić information content (AvgIpc) is 2.46. The summed E-state index contributed by atoms with van der Waals surface area (Å²) in [5.41, 5.74) is 3.45. The average molecular weight is 283 g/mol. The van der Waals surface area contributed by atoms with Crippen LogP contribution in [0.3, 0.4) is 0 Å². The minimum Gasteiger partial charge on any atom is -0.382 e. The molecule has 1 aromatic carbocycles.